The minimum absolute atomic E-state index is 0.0528. The average Bonchev–Trinajstić information content (AvgIpc) is 3.44. The summed E-state index contributed by atoms with van der Waals surface area (Å²) in [4.78, 5) is 0. The normalized spacial score (nSPS) is 14.8. The summed E-state index contributed by atoms with van der Waals surface area (Å²) in [5, 5.41) is 8.11. The predicted molar refractivity (Wildman–Crippen MR) is 153 cm³/mol. The van der Waals surface area contributed by atoms with E-state index in [1.807, 2.05) is 0 Å². The van der Waals surface area contributed by atoms with Crippen LogP contribution < -0.4 is 0 Å². The third kappa shape index (κ3) is 1.89. The van der Waals surface area contributed by atoms with Crippen LogP contribution in [0.5, 0.6) is 0 Å². The van der Waals surface area contributed by atoms with Gasteiger partial charge in [0.25, 0.3) is 0 Å². The van der Waals surface area contributed by atoms with Gasteiger partial charge < -0.3 is 8.97 Å². The maximum absolute atomic E-state index is 2.53. The summed E-state index contributed by atoms with van der Waals surface area (Å²) in [5.41, 5.74) is 12.1. The first kappa shape index (κ1) is 19.0. The Balaban J connectivity index is 1.75. The van der Waals surface area contributed by atoms with Crippen molar-refractivity contribution in [2.45, 2.75) is 19.3 Å². The molecule has 0 unspecified atom stereocenters. The minimum atomic E-state index is -0.0528. The van der Waals surface area contributed by atoms with Crippen molar-refractivity contribution < 1.29 is 0 Å². The molecule has 0 spiro atoms. The summed E-state index contributed by atoms with van der Waals surface area (Å²) < 4.78 is 4.94. The fraction of sp³-hybridized carbons (Fsp3) is 0.118. The van der Waals surface area contributed by atoms with Crippen LogP contribution in [0.25, 0.3) is 71.0 Å². The van der Waals surface area contributed by atoms with Crippen molar-refractivity contribution in [3.63, 3.8) is 0 Å². The maximum atomic E-state index is 2.53. The maximum Gasteiger partial charge on any atom is 0.0620 e. The molecule has 2 heteroatoms. The monoisotopic (exact) mass is 460 g/mol. The Morgan fingerprint density at radius 1 is 0.556 bits per heavy atom. The number of hydrogen-bond donors (Lipinski definition) is 0. The van der Waals surface area contributed by atoms with Gasteiger partial charge in [0.1, 0.15) is 0 Å². The largest absolute Gasteiger partial charge is 0.344 e. The molecule has 9 rings (SSSR count). The Hall–Kier alpha value is -4.30. The topological polar surface area (TPSA) is 9.34 Å². The zero-order valence-electron chi connectivity index (χ0n) is 20.6. The van der Waals surface area contributed by atoms with Crippen molar-refractivity contribution in [3.05, 3.63) is 102 Å². The first-order valence-corrected chi connectivity index (χ1v) is 12.8. The highest BCUT2D eigenvalue weighted by Gasteiger charge is 2.38. The second-order valence-corrected chi connectivity index (χ2v) is 11.0. The number of aromatic nitrogens is 2. The molecule has 3 aromatic heterocycles. The van der Waals surface area contributed by atoms with E-state index in [4.69, 9.17) is 0 Å². The zero-order chi connectivity index (χ0) is 23.9. The number of rotatable bonds is 0. The predicted octanol–water partition coefficient (Wildman–Crippen LogP) is 8.79. The van der Waals surface area contributed by atoms with E-state index in [1.165, 1.54) is 82.2 Å². The molecule has 3 heterocycles. The van der Waals surface area contributed by atoms with Crippen LogP contribution in [-0.4, -0.2) is 8.97 Å². The zero-order valence-corrected chi connectivity index (χ0v) is 20.6. The lowest BCUT2D eigenvalue weighted by Crippen LogP contribution is -2.15. The number of fused-ring (bicyclic) bond motifs is 9. The highest BCUT2D eigenvalue weighted by atomic mass is 15.0. The van der Waals surface area contributed by atoms with Gasteiger partial charge in [0, 0.05) is 50.3 Å². The molecule has 1 aliphatic carbocycles. The standard InChI is InChI=1S/C34H24N2/c1-34(2)23-14-6-4-11-21(23)29-24(34)18-28-32-30(29)22-13-8-12-20-19-10-5-7-15-25(19)36(33(20)22)27-17-9-16-26(31(27)32)35(28)3/h4-18H,1-3H3. The Morgan fingerprint density at radius 2 is 1.25 bits per heavy atom. The molecular formula is C34H24N2. The van der Waals surface area contributed by atoms with Crippen molar-refractivity contribution in [1.82, 2.24) is 8.97 Å². The molecule has 0 saturated heterocycles. The number of aryl methyl sites for hydroxylation is 1. The lowest BCUT2D eigenvalue weighted by molar-refractivity contribution is 0.661. The molecule has 5 aromatic carbocycles. The third-order valence-electron chi connectivity index (χ3n) is 9.05. The Bertz CT molecular complexity index is 2240. The second-order valence-electron chi connectivity index (χ2n) is 11.0. The molecule has 0 bridgehead atoms. The van der Waals surface area contributed by atoms with Gasteiger partial charge in [0.05, 0.1) is 22.1 Å². The molecule has 0 N–H and O–H groups in total. The van der Waals surface area contributed by atoms with E-state index in [-0.39, 0.29) is 5.41 Å². The SMILES string of the molecule is Cn1c2cc3c(c4c5cccc6c7ccccc7n(c7cccc1c7c42)c65)-c1ccccc1C3(C)C. The van der Waals surface area contributed by atoms with E-state index in [0.29, 0.717) is 0 Å². The number of benzene rings is 5. The van der Waals surface area contributed by atoms with E-state index in [2.05, 4.69) is 121 Å². The van der Waals surface area contributed by atoms with Gasteiger partial charge in [0.2, 0.25) is 0 Å². The van der Waals surface area contributed by atoms with Gasteiger partial charge in [0.15, 0.2) is 0 Å². The van der Waals surface area contributed by atoms with Crippen LogP contribution in [0.3, 0.4) is 0 Å². The minimum Gasteiger partial charge on any atom is -0.344 e. The van der Waals surface area contributed by atoms with Crippen molar-refractivity contribution in [1.29, 1.82) is 0 Å². The summed E-state index contributed by atoms with van der Waals surface area (Å²) >= 11 is 0. The average molecular weight is 461 g/mol. The Labute approximate surface area is 208 Å². The molecular weight excluding hydrogens is 436 g/mol. The van der Waals surface area contributed by atoms with E-state index in [9.17, 15) is 0 Å². The lowest BCUT2D eigenvalue weighted by Gasteiger charge is -2.22. The highest BCUT2D eigenvalue weighted by Crippen LogP contribution is 2.55. The second kappa shape index (κ2) is 5.91. The van der Waals surface area contributed by atoms with Crippen LogP contribution in [0.1, 0.15) is 25.0 Å². The molecule has 0 radical (unpaired) electrons. The summed E-state index contributed by atoms with van der Waals surface area (Å²) in [5.74, 6) is 0. The lowest BCUT2D eigenvalue weighted by atomic mass is 9.82. The van der Waals surface area contributed by atoms with Crippen LogP contribution in [-0.2, 0) is 12.5 Å². The Kier molecular flexibility index (Phi) is 3.11. The molecule has 8 aromatic rings. The van der Waals surface area contributed by atoms with Gasteiger partial charge in [-0.15, -0.1) is 0 Å². The van der Waals surface area contributed by atoms with Crippen LogP contribution in [0, 0.1) is 0 Å². The molecule has 1 aliphatic rings. The van der Waals surface area contributed by atoms with Gasteiger partial charge in [-0.05, 0) is 46.5 Å². The van der Waals surface area contributed by atoms with E-state index in [1.54, 1.807) is 0 Å². The number of hydrogen-bond acceptors (Lipinski definition) is 0. The van der Waals surface area contributed by atoms with E-state index >= 15 is 0 Å². The van der Waals surface area contributed by atoms with Crippen LogP contribution >= 0.6 is 0 Å². The van der Waals surface area contributed by atoms with Crippen molar-refractivity contribution in [2.24, 2.45) is 7.05 Å². The fourth-order valence-electron chi connectivity index (χ4n) is 7.47. The van der Waals surface area contributed by atoms with Crippen molar-refractivity contribution in [2.75, 3.05) is 0 Å². The molecule has 2 nitrogen and oxygen atoms in total. The number of para-hydroxylation sites is 2. The van der Waals surface area contributed by atoms with E-state index < -0.39 is 0 Å². The molecule has 0 aliphatic heterocycles. The molecule has 170 valence electrons. The number of nitrogens with zero attached hydrogens (tertiary/aromatic N) is 2. The van der Waals surface area contributed by atoms with Gasteiger partial charge in [-0.25, -0.2) is 0 Å². The molecule has 0 saturated carbocycles. The molecule has 0 fully saturated rings. The van der Waals surface area contributed by atoms with Crippen LogP contribution in [0.15, 0.2) is 91.0 Å². The third-order valence-corrected chi connectivity index (χ3v) is 9.05. The first-order valence-electron chi connectivity index (χ1n) is 12.8. The van der Waals surface area contributed by atoms with Crippen molar-refractivity contribution in [3.8, 4) is 11.1 Å². The molecule has 36 heavy (non-hydrogen) atoms. The van der Waals surface area contributed by atoms with Gasteiger partial charge in [-0.3, -0.25) is 0 Å². The molecule has 0 atom stereocenters. The van der Waals surface area contributed by atoms with Crippen molar-refractivity contribution >= 4 is 59.9 Å². The fourth-order valence-corrected chi connectivity index (χ4v) is 7.47. The quantitative estimate of drug-likeness (QED) is 0.214. The Morgan fingerprint density at radius 3 is 2.17 bits per heavy atom. The summed E-state index contributed by atoms with van der Waals surface area (Å²) in [6.07, 6.45) is 0. The smallest absolute Gasteiger partial charge is 0.0620 e. The van der Waals surface area contributed by atoms with Gasteiger partial charge >= 0.3 is 0 Å². The van der Waals surface area contributed by atoms with Gasteiger partial charge in [-0.1, -0.05) is 80.6 Å². The summed E-state index contributed by atoms with van der Waals surface area (Å²) in [6, 6.07) is 34.1. The highest BCUT2D eigenvalue weighted by molar-refractivity contribution is 6.34. The summed E-state index contributed by atoms with van der Waals surface area (Å²) in [6.45, 7) is 4.77. The molecule has 0 amide bonds. The summed E-state index contributed by atoms with van der Waals surface area (Å²) in [7, 11) is 2.23. The first-order chi connectivity index (χ1) is 17.6. The van der Waals surface area contributed by atoms with E-state index in [0.717, 1.165) is 0 Å². The van der Waals surface area contributed by atoms with Crippen LogP contribution in [0.4, 0.5) is 0 Å². The van der Waals surface area contributed by atoms with Crippen LogP contribution in [0.2, 0.25) is 0 Å². The van der Waals surface area contributed by atoms with Gasteiger partial charge in [-0.2, -0.15) is 0 Å².